The second kappa shape index (κ2) is 9.02. The van der Waals surface area contributed by atoms with Crippen molar-refractivity contribution in [1.29, 1.82) is 0 Å². The molecule has 0 unspecified atom stereocenters. The monoisotopic (exact) mass is 384 g/mol. The number of carbonyl (C=O) groups excluding carboxylic acids is 1. The molecule has 9 heteroatoms. The van der Waals surface area contributed by atoms with E-state index in [4.69, 9.17) is 24.8 Å². The maximum atomic E-state index is 11.0. The van der Waals surface area contributed by atoms with Gasteiger partial charge in [0.2, 0.25) is 0 Å². The summed E-state index contributed by atoms with van der Waals surface area (Å²) in [7, 11) is 0. The summed E-state index contributed by atoms with van der Waals surface area (Å²) >= 11 is 0. The van der Waals surface area contributed by atoms with Gasteiger partial charge in [0.05, 0.1) is 16.7 Å². The standard InChI is InChI=1S/C9H6O6.C9H18O3/c10-7(11)4-1-5(8(12)13)3-6(2-4)9(14)15;1-8(2,3)11-7(10)12-9(4,5)6/h1-3H,(H,10,11)(H,12,13)(H,14,15);1-6H3. The van der Waals surface area contributed by atoms with Gasteiger partial charge in [0.1, 0.15) is 11.2 Å². The topological polar surface area (TPSA) is 147 Å². The summed E-state index contributed by atoms with van der Waals surface area (Å²) in [5, 5.41) is 25.8. The molecule has 0 saturated heterocycles. The van der Waals surface area contributed by atoms with Crippen LogP contribution in [0.15, 0.2) is 18.2 Å². The van der Waals surface area contributed by atoms with Crippen LogP contribution in [-0.4, -0.2) is 50.6 Å². The molecule has 3 N–H and O–H groups in total. The Bertz CT molecular complexity index is 624. The van der Waals surface area contributed by atoms with Crippen molar-refractivity contribution in [2.75, 3.05) is 0 Å². The second-order valence-corrected chi connectivity index (χ2v) is 7.39. The lowest BCUT2D eigenvalue weighted by molar-refractivity contribution is -0.0468. The molecule has 0 heterocycles. The van der Waals surface area contributed by atoms with Crippen LogP contribution in [0.2, 0.25) is 0 Å². The number of hydrogen-bond donors (Lipinski definition) is 3. The first-order valence-electron chi connectivity index (χ1n) is 7.79. The van der Waals surface area contributed by atoms with Gasteiger partial charge in [-0.3, -0.25) is 0 Å². The van der Waals surface area contributed by atoms with E-state index < -0.39 is 35.3 Å². The number of carbonyl (C=O) groups is 4. The lowest BCUT2D eigenvalue weighted by Gasteiger charge is -2.24. The normalized spacial score (nSPS) is 10.9. The van der Waals surface area contributed by atoms with Crippen molar-refractivity contribution in [1.82, 2.24) is 0 Å². The number of carboxylic acid groups (broad SMARTS) is 3. The van der Waals surface area contributed by atoms with Crippen molar-refractivity contribution < 1.29 is 44.0 Å². The fourth-order valence-electron chi connectivity index (χ4n) is 1.52. The highest BCUT2D eigenvalue weighted by Crippen LogP contribution is 2.13. The molecule has 0 bridgehead atoms. The molecular weight excluding hydrogens is 360 g/mol. The highest BCUT2D eigenvalue weighted by atomic mass is 16.7. The molecule has 1 aromatic rings. The van der Waals surface area contributed by atoms with E-state index in [2.05, 4.69) is 0 Å². The Morgan fingerprint density at radius 2 is 0.852 bits per heavy atom. The molecule has 0 saturated carbocycles. The summed E-state index contributed by atoms with van der Waals surface area (Å²) < 4.78 is 9.91. The van der Waals surface area contributed by atoms with Crippen LogP contribution < -0.4 is 0 Å². The summed E-state index contributed by atoms with van der Waals surface area (Å²) in [6.45, 7) is 10.8. The van der Waals surface area contributed by atoms with E-state index in [1.54, 1.807) is 41.5 Å². The first-order chi connectivity index (χ1) is 12.0. The zero-order valence-corrected chi connectivity index (χ0v) is 16.0. The predicted octanol–water partition coefficient (Wildman–Crippen LogP) is 3.52. The lowest BCUT2D eigenvalue weighted by Crippen LogP contribution is -2.30. The SMILES string of the molecule is CC(C)(C)OC(=O)OC(C)(C)C.O=C(O)c1cc(C(=O)O)cc(C(=O)O)c1. The Kier molecular flexibility index (Phi) is 7.98. The molecule has 0 aliphatic carbocycles. The summed E-state index contributed by atoms with van der Waals surface area (Å²) in [6.07, 6.45) is -0.616. The molecule has 150 valence electrons. The van der Waals surface area contributed by atoms with Gasteiger partial charge in [0, 0.05) is 0 Å². The largest absolute Gasteiger partial charge is 0.509 e. The maximum Gasteiger partial charge on any atom is 0.509 e. The summed E-state index contributed by atoms with van der Waals surface area (Å²) in [5.41, 5.74) is -2.07. The molecule has 1 rings (SSSR count). The number of aromatic carboxylic acids is 3. The zero-order valence-electron chi connectivity index (χ0n) is 16.0. The molecule has 0 fully saturated rings. The van der Waals surface area contributed by atoms with E-state index in [-0.39, 0.29) is 16.7 Å². The van der Waals surface area contributed by atoms with Crippen LogP contribution in [0.3, 0.4) is 0 Å². The van der Waals surface area contributed by atoms with Crippen LogP contribution in [-0.2, 0) is 9.47 Å². The van der Waals surface area contributed by atoms with Crippen LogP contribution in [0.25, 0.3) is 0 Å². The average Bonchev–Trinajstić information content (AvgIpc) is 2.43. The second-order valence-electron chi connectivity index (χ2n) is 7.39. The van der Waals surface area contributed by atoms with Crippen molar-refractivity contribution in [3.8, 4) is 0 Å². The minimum atomic E-state index is -1.37. The quantitative estimate of drug-likeness (QED) is 0.666. The van der Waals surface area contributed by atoms with E-state index in [0.717, 1.165) is 18.2 Å². The number of hydrogen-bond acceptors (Lipinski definition) is 6. The molecule has 0 spiro atoms. The average molecular weight is 384 g/mol. The number of rotatable bonds is 3. The fraction of sp³-hybridized carbons (Fsp3) is 0.444. The lowest BCUT2D eigenvalue weighted by atomic mass is 10.1. The van der Waals surface area contributed by atoms with Gasteiger partial charge in [-0.2, -0.15) is 0 Å². The predicted molar refractivity (Wildman–Crippen MR) is 94.4 cm³/mol. The molecular formula is C18H24O9. The Labute approximate surface area is 156 Å². The first-order valence-corrected chi connectivity index (χ1v) is 7.79. The highest BCUT2D eigenvalue weighted by molar-refractivity contribution is 5.98. The third-order valence-corrected chi connectivity index (χ3v) is 2.45. The van der Waals surface area contributed by atoms with E-state index in [1.807, 2.05) is 0 Å². The Morgan fingerprint density at radius 1 is 0.630 bits per heavy atom. The minimum absolute atomic E-state index is 0.368. The van der Waals surface area contributed by atoms with Gasteiger partial charge < -0.3 is 24.8 Å². The number of benzene rings is 1. The molecule has 1 aromatic carbocycles. The van der Waals surface area contributed by atoms with Gasteiger partial charge in [-0.05, 0) is 59.7 Å². The van der Waals surface area contributed by atoms with Gasteiger partial charge >= 0.3 is 24.1 Å². The van der Waals surface area contributed by atoms with Crippen molar-refractivity contribution in [2.24, 2.45) is 0 Å². The third-order valence-electron chi connectivity index (χ3n) is 2.45. The maximum absolute atomic E-state index is 11.0. The van der Waals surface area contributed by atoms with Gasteiger partial charge in [0.25, 0.3) is 0 Å². The molecule has 0 amide bonds. The van der Waals surface area contributed by atoms with E-state index >= 15 is 0 Å². The van der Waals surface area contributed by atoms with E-state index in [9.17, 15) is 19.2 Å². The van der Waals surface area contributed by atoms with Gasteiger partial charge in [-0.1, -0.05) is 0 Å². The van der Waals surface area contributed by atoms with Crippen LogP contribution >= 0.6 is 0 Å². The van der Waals surface area contributed by atoms with E-state index in [1.165, 1.54) is 0 Å². The fourth-order valence-corrected chi connectivity index (χ4v) is 1.52. The summed E-state index contributed by atoms with van der Waals surface area (Å²) in [5.74, 6) is -4.12. The van der Waals surface area contributed by atoms with Gasteiger partial charge in [-0.15, -0.1) is 0 Å². The van der Waals surface area contributed by atoms with Gasteiger partial charge in [0.15, 0.2) is 0 Å². The first kappa shape index (κ1) is 23.9. The van der Waals surface area contributed by atoms with Crippen molar-refractivity contribution in [3.63, 3.8) is 0 Å². The summed E-state index contributed by atoms with van der Waals surface area (Å²) in [4.78, 5) is 42.7. The highest BCUT2D eigenvalue weighted by Gasteiger charge is 2.22. The van der Waals surface area contributed by atoms with Crippen LogP contribution in [0.5, 0.6) is 0 Å². The van der Waals surface area contributed by atoms with Gasteiger partial charge in [-0.25, -0.2) is 19.2 Å². The van der Waals surface area contributed by atoms with E-state index in [0.29, 0.717) is 0 Å². The van der Waals surface area contributed by atoms with Crippen LogP contribution in [0.1, 0.15) is 72.6 Å². The molecule has 0 radical (unpaired) electrons. The van der Waals surface area contributed by atoms with Crippen LogP contribution in [0.4, 0.5) is 4.79 Å². The molecule has 0 aliphatic heterocycles. The number of ether oxygens (including phenoxy) is 2. The molecule has 0 aliphatic rings. The smallest absolute Gasteiger partial charge is 0.478 e. The molecule has 0 atom stereocenters. The minimum Gasteiger partial charge on any atom is -0.478 e. The summed E-state index contributed by atoms with van der Waals surface area (Å²) in [6, 6.07) is 2.70. The Balaban J connectivity index is 0.000000516. The molecule has 0 aromatic heterocycles. The van der Waals surface area contributed by atoms with Crippen molar-refractivity contribution in [3.05, 3.63) is 34.9 Å². The molecule has 9 nitrogen and oxygen atoms in total. The zero-order chi connectivity index (χ0) is 21.6. The van der Waals surface area contributed by atoms with Crippen LogP contribution in [0, 0.1) is 0 Å². The Hall–Kier alpha value is -3.10. The number of carboxylic acids is 3. The van der Waals surface area contributed by atoms with Crippen molar-refractivity contribution in [2.45, 2.75) is 52.7 Å². The van der Waals surface area contributed by atoms with Crippen molar-refractivity contribution >= 4 is 24.1 Å². The third kappa shape index (κ3) is 10.5. The molecule has 27 heavy (non-hydrogen) atoms. The Morgan fingerprint density at radius 3 is 1.00 bits per heavy atom.